The number of anilines is 1. The predicted octanol–water partition coefficient (Wildman–Crippen LogP) is 3.67. The van der Waals surface area contributed by atoms with Crippen molar-refractivity contribution in [3.63, 3.8) is 0 Å². The minimum Gasteiger partial charge on any atom is -0.370 e. The molecule has 1 saturated carbocycles. The molecule has 0 spiro atoms. The molecule has 0 aromatic heterocycles. The van der Waals surface area contributed by atoms with E-state index in [0.717, 1.165) is 25.6 Å². The van der Waals surface area contributed by atoms with Gasteiger partial charge in [0.2, 0.25) is 0 Å². The molecule has 0 aliphatic heterocycles. The zero-order chi connectivity index (χ0) is 13.8. The highest BCUT2D eigenvalue weighted by Crippen LogP contribution is 2.28. The minimum absolute atomic E-state index is 0.961. The maximum atomic E-state index is 3.59. The van der Waals surface area contributed by atoms with Crippen molar-refractivity contribution in [2.45, 2.75) is 19.8 Å². The maximum Gasteiger partial charge on any atom is 0.0446 e. The van der Waals surface area contributed by atoms with Gasteiger partial charge >= 0.3 is 0 Å². The molecule has 0 atom stereocenters. The molecule has 20 heavy (non-hydrogen) atoms. The van der Waals surface area contributed by atoms with Crippen molar-refractivity contribution in [1.82, 2.24) is 5.32 Å². The molecule has 3 rings (SSSR count). The van der Waals surface area contributed by atoms with Crippen molar-refractivity contribution in [1.29, 1.82) is 0 Å². The van der Waals surface area contributed by atoms with Crippen LogP contribution in [0.3, 0.4) is 0 Å². The van der Waals surface area contributed by atoms with Gasteiger partial charge in [-0.25, -0.2) is 0 Å². The Balaban J connectivity index is 1.69. The van der Waals surface area contributed by atoms with Crippen LogP contribution >= 0.6 is 0 Å². The largest absolute Gasteiger partial charge is 0.370 e. The van der Waals surface area contributed by atoms with E-state index < -0.39 is 0 Å². The Hall–Kier alpha value is -1.54. The fourth-order valence-electron chi connectivity index (χ4n) is 2.78. The van der Waals surface area contributed by atoms with Crippen LogP contribution in [-0.2, 0) is 0 Å². The predicted molar refractivity (Wildman–Crippen MR) is 87.4 cm³/mol. The molecule has 2 heteroatoms. The van der Waals surface area contributed by atoms with Crippen LogP contribution in [0.15, 0.2) is 42.5 Å². The van der Waals surface area contributed by atoms with E-state index in [4.69, 9.17) is 0 Å². The lowest BCUT2D eigenvalue weighted by Gasteiger charge is -2.25. The van der Waals surface area contributed by atoms with Gasteiger partial charge in [-0.3, -0.25) is 0 Å². The molecule has 0 amide bonds. The number of rotatable bonds is 7. The molecule has 2 aromatic rings. The third-order valence-corrected chi connectivity index (χ3v) is 4.18. The lowest BCUT2D eigenvalue weighted by atomic mass is 10.1. The molecule has 1 aliphatic rings. The molecule has 0 unspecified atom stereocenters. The van der Waals surface area contributed by atoms with E-state index in [1.165, 1.54) is 35.8 Å². The van der Waals surface area contributed by atoms with Gasteiger partial charge in [0.15, 0.2) is 0 Å². The van der Waals surface area contributed by atoms with Gasteiger partial charge < -0.3 is 10.2 Å². The third kappa shape index (κ3) is 3.13. The number of hydrogen-bond acceptors (Lipinski definition) is 2. The standard InChI is InChI=1S/C18H24N2/c1-2-20(13-12-19-14-15-10-11-15)18-9-5-7-16-6-3-4-8-17(16)18/h3-9,15,19H,2,10-14H2,1H3. The second-order valence-corrected chi connectivity index (χ2v) is 5.73. The Morgan fingerprint density at radius 1 is 1.10 bits per heavy atom. The molecule has 1 fully saturated rings. The third-order valence-electron chi connectivity index (χ3n) is 4.18. The Morgan fingerprint density at radius 2 is 1.90 bits per heavy atom. The first-order valence-electron chi connectivity index (χ1n) is 7.82. The van der Waals surface area contributed by atoms with Gasteiger partial charge in [-0.2, -0.15) is 0 Å². The quantitative estimate of drug-likeness (QED) is 0.771. The molecular weight excluding hydrogens is 244 g/mol. The number of fused-ring (bicyclic) bond motifs is 1. The summed E-state index contributed by atoms with van der Waals surface area (Å²) in [4.78, 5) is 2.47. The summed E-state index contributed by atoms with van der Waals surface area (Å²) in [7, 11) is 0. The topological polar surface area (TPSA) is 15.3 Å². The minimum atomic E-state index is 0.961. The van der Waals surface area contributed by atoms with Gasteiger partial charge in [0.05, 0.1) is 0 Å². The Morgan fingerprint density at radius 3 is 2.70 bits per heavy atom. The number of likely N-dealkylation sites (N-methyl/N-ethyl adjacent to an activating group) is 1. The highest BCUT2D eigenvalue weighted by molar-refractivity contribution is 5.94. The van der Waals surface area contributed by atoms with Crippen LogP contribution in [0, 0.1) is 5.92 Å². The van der Waals surface area contributed by atoms with Gasteiger partial charge in [0.25, 0.3) is 0 Å². The lowest BCUT2D eigenvalue weighted by Crippen LogP contribution is -2.32. The van der Waals surface area contributed by atoms with Crippen molar-refractivity contribution in [2.24, 2.45) is 5.92 Å². The second kappa shape index (κ2) is 6.27. The van der Waals surface area contributed by atoms with Crippen molar-refractivity contribution in [2.75, 3.05) is 31.1 Å². The Kier molecular flexibility index (Phi) is 4.22. The van der Waals surface area contributed by atoms with Gasteiger partial charge in [0.1, 0.15) is 0 Å². The maximum absolute atomic E-state index is 3.59. The van der Waals surface area contributed by atoms with Crippen LogP contribution < -0.4 is 10.2 Å². The highest BCUT2D eigenvalue weighted by atomic mass is 15.1. The summed E-state index contributed by atoms with van der Waals surface area (Å²) in [5.41, 5.74) is 1.36. The average Bonchev–Trinajstić information content (AvgIpc) is 3.31. The van der Waals surface area contributed by atoms with E-state index in [0.29, 0.717) is 0 Å². The second-order valence-electron chi connectivity index (χ2n) is 5.73. The van der Waals surface area contributed by atoms with E-state index in [2.05, 4.69) is 59.6 Å². The summed E-state index contributed by atoms with van der Waals surface area (Å²) >= 11 is 0. The summed E-state index contributed by atoms with van der Waals surface area (Å²) in [5, 5.41) is 6.28. The van der Waals surface area contributed by atoms with Gasteiger partial charge in [0, 0.05) is 30.7 Å². The first-order chi connectivity index (χ1) is 9.88. The SMILES string of the molecule is CCN(CCNCC1CC1)c1cccc2ccccc12. The molecule has 1 aliphatic carbocycles. The van der Waals surface area contributed by atoms with E-state index in [-0.39, 0.29) is 0 Å². The molecule has 0 heterocycles. The molecule has 1 N–H and O–H groups in total. The number of benzene rings is 2. The van der Waals surface area contributed by atoms with Crippen LogP contribution in [-0.4, -0.2) is 26.2 Å². The fourth-order valence-corrected chi connectivity index (χ4v) is 2.78. The molecule has 2 aromatic carbocycles. The molecule has 106 valence electrons. The van der Waals surface area contributed by atoms with Crippen LogP contribution in [0.2, 0.25) is 0 Å². The van der Waals surface area contributed by atoms with Gasteiger partial charge in [-0.05, 0) is 43.7 Å². The normalized spacial score (nSPS) is 14.7. The molecule has 0 saturated heterocycles. The number of nitrogens with one attached hydrogen (secondary N) is 1. The molecule has 0 radical (unpaired) electrons. The number of nitrogens with zero attached hydrogens (tertiary/aromatic N) is 1. The Bertz CT molecular complexity index is 555. The summed E-state index contributed by atoms with van der Waals surface area (Å²) in [6.45, 7) is 6.65. The average molecular weight is 268 g/mol. The molecular formula is C18H24N2. The van der Waals surface area contributed by atoms with Crippen LogP contribution in [0.4, 0.5) is 5.69 Å². The van der Waals surface area contributed by atoms with E-state index in [9.17, 15) is 0 Å². The summed E-state index contributed by atoms with van der Waals surface area (Å²) in [6, 6.07) is 15.3. The van der Waals surface area contributed by atoms with Crippen LogP contribution in [0.25, 0.3) is 10.8 Å². The Labute approximate surface area is 121 Å². The highest BCUT2D eigenvalue weighted by Gasteiger charge is 2.20. The van der Waals surface area contributed by atoms with Crippen molar-refractivity contribution in [3.05, 3.63) is 42.5 Å². The van der Waals surface area contributed by atoms with E-state index in [1.54, 1.807) is 0 Å². The summed E-state index contributed by atoms with van der Waals surface area (Å²) < 4.78 is 0. The molecule has 2 nitrogen and oxygen atoms in total. The van der Waals surface area contributed by atoms with Crippen LogP contribution in [0.1, 0.15) is 19.8 Å². The van der Waals surface area contributed by atoms with Crippen molar-refractivity contribution in [3.8, 4) is 0 Å². The van der Waals surface area contributed by atoms with Crippen molar-refractivity contribution < 1.29 is 0 Å². The summed E-state index contributed by atoms with van der Waals surface area (Å²) in [6.07, 6.45) is 2.85. The lowest BCUT2D eigenvalue weighted by molar-refractivity contribution is 0.627. The fraction of sp³-hybridized carbons (Fsp3) is 0.444. The van der Waals surface area contributed by atoms with Gasteiger partial charge in [-0.1, -0.05) is 36.4 Å². The van der Waals surface area contributed by atoms with Gasteiger partial charge in [-0.15, -0.1) is 0 Å². The van der Waals surface area contributed by atoms with E-state index in [1.807, 2.05) is 0 Å². The zero-order valence-electron chi connectivity index (χ0n) is 12.3. The molecule has 0 bridgehead atoms. The first kappa shape index (κ1) is 13.4. The monoisotopic (exact) mass is 268 g/mol. The van der Waals surface area contributed by atoms with Crippen LogP contribution in [0.5, 0.6) is 0 Å². The van der Waals surface area contributed by atoms with E-state index >= 15 is 0 Å². The smallest absolute Gasteiger partial charge is 0.0446 e. The first-order valence-corrected chi connectivity index (χ1v) is 7.82. The van der Waals surface area contributed by atoms with Crippen molar-refractivity contribution >= 4 is 16.5 Å². The zero-order valence-corrected chi connectivity index (χ0v) is 12.3. The summed E-state index contributed by atoms with van der Waals surface area (Å²) in [5.74, 6) is 0.961. The number of hydrogen-bond donors (Lipinski definition) is 1.